The summed E-state index contributed by atoms with van der Waals surface area (Å²) in [6.45, 7) is 12.6. The summed E-state index contributed by atoms with van der Waals surface area (Å²) >= 11 is 0. The Morgan fingerprint density at radius 3 is 2.28 bits per heavy atom. The third kappa shape index (κ3) is 1.87. The Morgan fingerprint density at radius 2 is 1.83 bits per heavy atom. The number of hydrogen-bond donors (Lipinski definition) is 1. The molecule has 2 unspecified atom stereocenters. The number of amides is 1. The highest BCUT2D eigenvalue weighted by Gasteiger charge is 2.69. The van der Waals surface area contributed by atoms with Gasteiger partial charge in [0.25, 0.3) is 0 Å². The maximum absolute atomic E-state index is 12.7. The fourth-order valence-electron chi connectivity index (χ4n) is 3.74. The summed E-state index contributed by atoms with van der Waals surface area (Å²) in [5, 5.41) is 0. The second-order valence-corrected chi connectivity index (χ2v) is 7.43. The molecule has 2 N–H and O–H groups in total. The van der Waals surface area contributed by atoms with Crippen LogP contribution >= 0.6 is 0 Å². The van der Waals surface area contributed by atoms with Gasteiger partial charge in [0, 0.05) is 25.0 Å². The van der Waals surface area contributed by atoms with Crippen LogP contribution in [-0.4, -0.2) is 29.9 Å². The summed E-state index contributed by atoms with van der Waals surface area (Å²) < 4.78 is 0. The van der Waals surface area contributed by atoms with E-state index in [0.717, 1.165) is 19.4 Å². The number of carbonyl (C=O) groups excluding carboxylic acids is 1. The Balaban J connectivity index is 2.10. The fraction of sp³-hybridized carbons (Fsp3) is 0.933. The minimum atomic E-state index is 0.131. The minimum absolute atomic E-state index is 0.131. The SMILES string of the molecule is CC1CCN(C(=O)C2C(C)(C)C2(C)C)C(CN)C1. The number of rotatable bonds is 2. The predicted octanol–water partition coefficient (Wildman–Crippen LogP) is 2.25. The molecule has 104 valence electrons. The van der Waals surface area contributed by atoms with E-state index in [2.05, 4.69) is 39.5 Å². The van der Waals surface area contributed by atoms with Gasteiger partial charge in [0.05, 0.1) is 0 Å². The Morgan fingerprint density at radius 1 is 1.28 bits per heavy atom. The molecule has 0 aromatic heterocycles. The number of hydrogen-bond acceptors (Lipinski definition) is 2. The molecule has 1 heterocycles. The molecule has 2 aliphatic rings. The first-order chi connectivity index (χ1) is 8.23. The van der Waals surface area contributed by atoms with E-state index in [1.807, 2.05) is 0 Å². The smallest absolute Gasteiger partial charge is 0.227 e. The summed E-state index contributed by atoms with van der Waals surface area (Å²) in [5.74, 6) is 1.21. The van der Waals surface area contributed by atoms with Gasteiger partial charge in [0.2, 0.25) is 5.91 Å². The average Bonchev–Trinajstić information content (AvgIpc) is 2.68. The maximum Gasteiger partial charge on any atom is 0.227 e. The normalized spacial score (nSPS) is 34.4. The van der Waals surface area contributed by atoms with Crippen LogP contribution in [0.25, 0.3) is 0 Å². The van der Waals surface area contributed by atoms with Crippen LogP contribution in [0.4, 0.5) is 0 Å². The highest BCUT2D eigenvalue weighted by Crippen LogP contribution is 2.69. The number of likely N-dealkylation sites (tertiary alicyclic amines) is 1. The van der Waals surface area contributed by atoms with Crippen molar-refractivity contribution >= 4 is 5.91 Å². The van der Waals surface area contributed by atoms with E-state index in [-0.39, 0.29) is 22.8 Å². The number of nitrogens with two attached hydrogens (primary N) is 1. The van der Waals surface area contributed by atoms with Crippen molar-refractivity contribution in [1.29, 1.82) is 0 Å². The number of carbonyl (C=O) groups is 1. The lowest BCUT2D eigenvalue weighted by atomic mass is 9.91. The standard InChI is InChI=1S/C15H28N2O/c1-10-6-7-17(11(8-10)9-16)13(18)12-14(2,3)15(12,4)5/h10-12H,6-9,16H2,1-5H3. The van der Waals surface area contributed by atoms with Crippen molar-refractivity contribution in [3.8, 4) is 0 Å². The molecule has 0 bridgehead atoms. The second kappa shape index (κ2) is 4.22. The summed E-state index contributed by atoms with van der Waals surface area (Å²) in [7, 11) is 0. The number of nitrogens with zero attached hydrogens (tertiary/aromatic N) is 1. The zero-order valence-corrected chi connectivity index (χ0v) is 12.5. The Labute approximate surface area is 111 Å². The Kier molecular flexibility index (Phi) is 3.25. The van der Waals surface area contributed by atoms with Crippen molar-refractivity contribution in [3.63, 3.8) is 0 Å². The van der Waals surface area contributed by atoms with Crippen LogP contribution in [-0.2, 0) is 4.79 Å². The summed E-state index contributed by atoms with van der Waals surface area (Å²) in [6, 6.07) is 0.258. The molecular weight excluding hydrogens is 224 g/mol. The van der Waals surface area contributed by atoms with Gasteiger partial charge in [0.15, 0.2) is 0 Å². The van der Waals surface area contributed by atoms with E-state index >= 15 is 0 Å². The molecule has 1 aliphatic heterocycles. The van der Waals surface area contributed by atoms with Crippen LogP contribution in [0.1, 0.15) is 47.5 Å². The molecular formula is C15H28N2O. The predicted molar refractivity (Wildman–Crippen MR) is 74.0 cm³/mol. The second-order valence-electron chi connectivity index (χ2n) is 7.43. The average molecular weight is 252 g/mol. The van der Waals surface area contributed by atoms with E-state index in [0.29, 0.717) is 18.4 Å². The van der Waals surface area contributed by atoms with E-state index in [4.69, 9.17) is 5.73 Å². The van der Waals surface area contributed by atoms with E-state index in [9.17, 15) is 4.79 Å². The van der Waals surface area contributed by atoms with Crippen molar-refractivity contribution < 1.29 is 4.79 Å². The van der Waals surface area contributed by atoms with Crippen LogP contribution in [0.3, 0.4) is 0 Å². The van der Waals surface area contributed by atoms with Crippen LogP contribution in [0.2, 0.25) is 0 Å². The lowest BCUT2D eigenvalue weighted by molar-refractivity contribution is -0.138. The molecule has 1 amide bonds. The first-order valence-corrected chi connectivity index (χ1v) is 7.24. The first kappa shape index (κ1) is 13.9. The van der Waals surface area contributed by atoms with Crippen molar-refractivity contribution in [2.75, 3.05) is 13.1 Å². The third-order valence-electron chi connectivity index (χ3n) is 5.80. The molecule has 3 heteroatoms. The molecule has 2 rings (SSSR count). The number of piperidine rings is 1. The van der Waals surface area contributed by atoms with Gasteiger partial charge in [-0.25, -0.2) is 0 Å². The molecule has 2 fully saturated rings. The first-order valence-electron chi connectivity index (χ1n) is 7.24. The van der Waals surface area contributed by atoms with Gasteiger partial charge in [0.1, 0.15) is 0 Å². The quantitative estimate of drug-likeness (QED) is 0.819. The van der Waals surface area contributed by atoms with Gasteiger partial charge in [-0.3, -0.25) is 4.79 Å². The van der Waals surface area contributed by atoms with Gasteiger partial charge in [-0.05, 0) is 29.6 Å². The Hall–Kier alpha value is -0.570. The minimum Gasteiger partial charge on any atom is -0.338 e. The van der Waals surface area contributed by atoms with Gasteiger partial charge >= 0.3 is 0 Å². The van der Waals surface area contributed by atoms with Gasteiger partial charge in [-0.1, -0.05) is 34.6 Å². The van der Waals surface area contributed by atoms with Crippen molar-refractivity contribution in [2.45, 2.75) is 53.5 Å². The highest BCUT2D eigenvalue weighted by molar-refractivity contribution is 5.84. The molecule has 1 aliphatic carbocycles. The van der Waals surface area contributed by atoms with E-state index in [1.165, 1.54) is 0 Å². The molecule has 1 saturated heterocycles. The van der Waals surface area contributed by atoms with Crippen LogP contribution in [0.15, 0.2) is 0 Å². The molecule has 0 spiro atoms. The van der Waals surface area contributed by atoms with Crippen molar-refractivity contribution in [1.82, 2.24) is 4.90 Å². The highest BCUT2D eigenvalue weighted by atomic mass is 16.2. The van der Waals surface area contributed by atoms with Gasteiger partial charge in [-0.15, -0.1) is 0 Å². The zero-order chi connectivity index (χ0) is 13.7. The van der Waals surface area contributed by atoms with Gasteiger partial charge in [-0.2, -0.15) is 0 Å². The molecule has 0 aromatic carbocycles. The van der Waals surface area contributed by atoms with E-state index < -0.39 is 0 Å². The summed E-state index contributed by atoms with van der Waals surface area (Å²) in [5.41, 5.74) is 6.12. The Bertz CT molecular complexity index is 334. The fourth-order valence-corrected chi connectivity index (χ4v) is 3.74. The zero-order valence-electron chi connectivity index (χ0n) is 12.5. The van der Waals surface area contributed by atoms with Crippen molar-refractivity contribution in [3.05, 3.63) is 0 Å². The molecule has 0 aromatic rings. The molecule has 0 radical (unpaired) electrons. The summed E-state index contributed by atoms with van der Waals surface area (Å²) in [4.78, 5) is 14.8. The largest absolute Gasteiger partial charge is 0.338 e. The van der Waals surface area contributed by atoms with Crippen LogP contribution in [0.5, 0.6) is 0 Å². The lowest BCUT2D eigenvalue weighted by Gasteiger charge is -2.38. The van der Waals surface area contributed by atoms with Crippen molar-refractivity contribution in [2.24, 2.45) is 28.4 Å². The third-order valence-corrected chi connectivity index (χ3v) is 5.80. The molecule has 3 nitrogen and oxygen atoms in total. The topological polar surface area (TPSA) is 46.3 Å². The monoisotopic (exact) mass is 252 g/mol. The van der Waals surface area contributed by atoms with Crippen LogP contribution in [0, 0.1) is 22.7 Å². The van der Waals surface area contributed by atoms with Gasteiger partial charge < -0.3 is 10.6 Å². The maximum atomic E-state index is 12.7. The molecule has 2 atom stereocenters. The van der Waals surface area contributed by atoms with Crippen LogP contribution < -0.4 is 5.73 Å². The molecule has 1 saturated carbocycles. The summed E-state index contributed by atoms with van der Waals surface area (Å²) in [6.07, 6.45) is 2.19. The lowest BCUT2D eigenvalue weighted by Crippen LogP contribution is -2.50. The molecule has 18 heavy (non-hydrogen) atoms. The van der Waals surface area contributed by atoms with E-state index in [1.54, 1.807) is 0 Å².